The molecule has 168 valence electrons. The summed E-state index contributed by atoms with van der Waals surface area (Å²) in [5.41, 5.74) is 2.49. The van der Waals surface area contributed by atoms with Gasteiger partial charge in [0.2, 0.25) is 15.9 Å². The van der Waals surface area contributed by atoms with E-state index in [4.69, 9.17) is 16.3 Å². The van der Waals surface area contributed by atoms with Gasteiger partial charge in [-0.25, -0.2) is 13.4 Å². The third kappa shape index (κ3) is 5.02. The summed E-state index contributed by atoms with van der Waals surface area (Å²) in [5.74, 6) is -0.278. The molecule has 2 heterocycles. The lowest BCUT2D eigenvalue weighted by Gasteiger charge is -2.26. The van der Waals surface area contributed by atoms with Crippen molar-refractivity contribution in [2.75, 3.05) is 31.6 Å². The Balaban J connectivity index is 1.47. The number of carbonyl (C=O) groups is 1. The quantitative estimate of drug-likeness (QED) is 0.563. The first-order valence-corrected chi connectivity index (χ1v) is 12.7. The molecule has 1 fully saturated rings. The van der Waals surface area contributed by atoms with Gasteiger partial charge in [-0.1, -0.05) is 35.9 Å². The van der Waals surface area contributed by atoms with Gasteiger partial charge >= 0.3 is 0 Å². The average molecular weight is 492 g/mol. The number of hydrogen-bond acceptors (Lipinski definition) is 6. The number of halogens is 1. The number of amides is 1. The molecule has 32 heavy (non-hydrogen) atoms. The monoisotopic (exact) mass is 491 g/mol. The van der Waals surface area contributed by atoms with Gasteiger partial charge in [0.1, 0.15) is 5.01 Å². The zero-order chi connectivity index (χ0) is 22.7. The summed E-state index contributed by atoms with van der Waals surface area (Å²) in [4.78, 5) is 17.3. The Morgan fingerprint density at radius 3 is 2.72 bits per heavy atom. The Hall–Kier alpha value is -2.30. The van der Waals surface area contributed by atoms with Crippen LogP contribution in [-0.4, -0.2) is 49.9 Å². The number of anilines is 1. The first kappa shape index (κ1) is 22.9. The highest BCUT2D eigenvalue weighted by Gasteiger charge is 2.28. The summed E-state index contributed by atoms with van der Waals surface area (Å²) < 4.78 is 32.7. The minimum atomic E-state index is -3.66. The second-order valence-electron chi connectivity index (χ2n) is 7.35. The summed E-state index contributed by atoms with van der Waals surface area (Å²) in [7, 11) is -3.66. The molecule has 1 aliphatic heterocycles. The van der Waals surface area contributed by atoms with Crippen molar-refractivity contribution in [3.8, 4) is 10.6 Å². The summed E-state index contributed by atoms with van der Waals surface area (Å²) in [6.45, 7) is 3.12. The van der Waals surface area contributed by atoms with E-state index in [1.54, 1.807) is 25.1 Å². The molecule has 0 aliphatic carbocycles. The molecule has 0 atom stereocenters. The van der Waals surface area contributed by atoms with Crippen LogP contribution in [-0.2, 0) is 26.0 Å². The van der Waals surface area contributed by atoms with Gasteiger partial charge in [-0.05, 0) is 30.7 Å². The molecular formula is C22H22ClN3O4S2. The lowest BCUT2D eigenvalue weighted by Crippen LogP contribution is -2.40. The number of rotatable bonds is 6. The van der Waals surface area contributed by atoms with Crippen molar-refractivity contribution in [3.63, 3.8) is 0 Å². The van der Waals surface area contributed by atoms with Crippen molar-refractivity contribution in [2.24, 2.45) is 0 Å². The molecule has 0 bridgehead atoms. The maximum Gasteiger partial charge on any atom is 0.243 e. The lowest BCUT2D eigenvalue weighted by molar-refractivity contribution is -0.115. The van der Waals surface area contributed by atoms with Crippen LogP contribution in [0.2, 0.25) is 5.02 Å². The summed E-state index contributed by atoms with van der Waals surface area (Å²) in [6.07, 6.45) is 0.0698. The third-order valence-corrected chi connectivity index (χ3v) is 8.35. The minimum Gasteiger partial charge on any atom is -0.379 e. The molecule has 3 aromatic rings. The number of morpholine rings is 1. The highest BCUT2D eigenvalue weighted by molar-refractivity contribution is 7.89. The molecule has 0 saturated carbocycles. The van der Waals surface area contributed by atoms with E-state index in [0.717, 1.165) is 10.6 Å². The van der Waals surface area contributed by atoms with Gasteiger partial charge in [-0.3, -0.25) is 4.79 Å². The first-order valence-electron chi connectivity index (χ1n) is 10.0. The molecule has 4 rings (SSSR count). The van der Waals surface area contributed by atoms with Crippen molar-refractivity contribution in [3.05, 3.63) is 64.1 Å². The van der Waals surface area contributed by atoms with Crippen molar-refractivity contribution >= 4 is 44.6 Å². The number of nitrogens with zero attached hydrogens (tertiary/aromatic N) is 2. The van der Waals surface area contributed by atoms with Gasteiger partial charge < -0.3 is 10.1 Å². The predicted molar refractivity (Wildman–Crippen MR) is 126 cm³/mol. The molecular weight excluding hydrogens is 470 g/mol. The van der Waals surface area contributed by atoms with Crippen molar-refractivity contribution < 1.29 is 17.9 Å². The Morgan fingerprint density at radius 2 is 1.97 bits per heavy atom. The van der Waals surface area contributed by atoms with Gasteiger partial charge in [0.05, 0.1) is 35.2 Å². The van der Waals surface area contributed by atoms with Crippen LogP contribution in [0.5, 0.6) is 0 Å². The second-order valence-corrected chi connectivity index (χ2v) is 10.5. The number of aromatic nitrogens is 1. The zero-order valence-electron chi connectivity index (χ0n) is 17.4. The van der Waals surface area contributed by atoms with E-state index in [1.807, 2.05) is 23.6 Å². The summed E-state index contributed by atoms with van der Waals surface area (Å²) in [5, 5.41) is 5.95. The molecule has 0 spiro atoms. The fraction of sp³-hybridized carbons (Fsp3) is 0.273. The molecule has 0 unspecified atom stereocenters. The normalized spacial score (nSPS) is 14.9. The van der Waals surface area contributed by atoms with Gasteiger partial charge in [-0.15, -0.1) is 11.3 Å². The van der Waals surface area contributed by atoms with E-state index in [0.29, 0.717) is 48.3 Å². The van der Waals surface area contributed by atoms with Crippen LogP contribution in [0.25, 0.3) is 10.6 Å². The Bertz CT molecular complexity index is 1240. The molecule has 10 heteroatoms. The predicted octanol–water partition coefficient (Wildman–Crippen LogP) is 3.97. The van der Waals surface area contributed by atoms with Crippen LogP contribution in [0, 0.1) is 6.92 Å². The largest absolute Gasteiger partial charge is 0.379 e. The summed E-state index contributed by atoms with van der Waals surface area (Å²) >= 11 is 7.65. The van der Waals surface area contributed by atoms with Crippen molar-refractivity contribution in [1.82, 2.24) is 9.29 Å². The highest BCUT2D eigenvalue weighted by atomic mass is 35.5. The lowest BCUT2D eigenvalue weighted by atomic mass is 10.2. The molecule has 1 aromatic heterocycles. The summed E-state index contributed by atoms with van der Waals surface area (Å²) in [6, 6.07) is 12.3. The van der Waals surface area contributed by atoms with E-state index < -0.39 is 10.0 Å². The van der Waals surface area contributed by atoms with E-state index in [1.165, 1.54) is 21.7 Å². The molecule has 1 aliphatic rings. The number of benzene rings is 2. The average Bonchev–Trinajstić information content (AvgIpc) is 3.24. The number of carbonyl (C=O) groups excluding carboxylic acids is 1. The fourth-order valence-corrected chi connectivity index (χ4v) is 6.20. The Morgan fingerprint density at radius 1 is 1.22 bits per heavy atom. The zero-order valence-corrected chi connectivity index (χ0v) is 19.8. The molecule has 1 saturated heterocycles. The van der Waals surface area contributed by atoms with Crippen LogP contribution in [0.3, 0.4) is 0 Å². The molecule has 7 nitrogen and oxygen atoms in total. The number of nitrogens with one attached hydrogen (secondary N) is 1. The number of thiazole rings is 1. The number of ether oxygens (including phenoxy) is 1. The van der Waals surface area contributed by atoms with Crippen LogP contribution < -0.4 is 5.32 Å². The van der Waals surface area contributed by atoms with Gasteiger partial charge in [0.25, 0.3) is 0 Å². The van der Waals surface area contributed by atoms with Gasteiger partial charge in [0.15, 0.2) is 0 Å². The standard InChI is InChI=1S/C22H22ClN3O4S2/c1-15-6-7-16(12-20(15)32(28,29)26-8-10-30-11-9-26)24-21(27)13-17-14-31-22(25-17)18-4-2-3-5-19(18)23/h2-7,12,14H,8-11,13H2,1H3,(H,24,27). The number of hydrogen-bond donors (Lipinski definition) is 1. The second kappa shape index (κ2) is 9.68. The minimum absolute atomic E-state index is 0.0698. The topological polar surface area (TPSA) is 88.6 Å². The van der Waals surface area contributed by atoms with Crippen molar-refractivity contribution in [2.45, 2.75) is 18.2 Å². The van der Waals surface area contributed by atoms with E-state index in [9.17, 15) is 13.2 Å². The van der Waals surface area contributed by atoms with Crippen LogP contribution in [0.1, 0.15) is 11.3 Å². The van der Waals surface area contributed by atoms with E-state index in [2.05, 4.69) is 10.3 Å². The molecule has 1 amide bonds. The smallest absolute Gasteiger partial charge is 0.243 e. The van der Waals surface area contributed by atoms with Crippen LogP contribution in [0.4, 0.5) is 5.69 Å². The van der Waals surface area contributed by atoms with Gasteiger partial charge in [-0.2, -0.15) is 4.31 Å². The van der Waals surface area contributed by atoms with Crippen molar-refractivity contribution in [1.29, 1.82) is 0 Å². The maximum absolute atomic E-state index is 13.0. The number of sulfonamides is 1. The first-order chi connectivity index (χ1) is 15.3. The Kier molecular flexibility index (Phi) is 6.92. The highest BCUT2D eigenvalue weighted by Crippen LogP contribution is 2.30. The van der Waals surface area contributed by atoms with Crippen LogP contribution >= 0.6 is 22.9 Å². The third-order valence-electron chi connectivity index (χ3n) is 5.06. The number of aryl methyl sites for hydroxylation is 1. The Labute approximate surface area is 196 Å². The fourth-order valence-electron chi connectivity index (χ4n) is 3.40. The molecule has 2 aromatic carbocycles. The molecule has 0 radical (unpaired) electrons. The molecule has 1 N–H and O–H groups in total. The SMILES string of the molecule is Cc1ccc(NC(=O)Cc2csc(-c3ccccc3Cl)n2)cc1S(=O)(=O)N1CCOCC1. The van der Waals surface area contributed by atoms with Gasteiger partial charge in [0, 0.05) is 29.7 Å². The van der Waals surface area contributed by atoms with E-state index in [-0.39, 0.29) is 17.2 Å². The van der Waals surface area contributed by atoms with Crippen LogP contribution in [0.15, 0.2) is 52.7 Å². The maximum atomic E-state index is 13.0. The van der Waals surface area contributed by atoms with E-state index >= 15 is 0 Å².